The summed E-state index contributed by atoms with van der Waals surface area (Å²) in [5, 5.41) is 7.03. The molecular formula is C27H30N6O3. The lowest BCUT2D eigenvalue weighted by atomic mass is 10.0. The smallest absolute Gasteiger partial charge is 0.412 e. The molecule has 1 fully saturated rings. The van der Waals surface area contributed by atoms with Crippen LogP contribution in [0.3, 0.4) is 0 Å². The molecule has 4 heterocycles. The lowest BCUT2D eigenvalue weighted by molar-refractivity contribution is 0.0636. The van der Waals surface area contributed by atoms with Gasteiger partial charge in [0.2, 0.25) is 0 Å². The van der Waals surface area contributed by atoms with Gasteiger partial charge in [0.15, 0.2) is 5.82 Å². The Morgan fingerprint density at radius 3 is 2.50 bits per heavy atom. The lowest BCUT2D eigenvalue weighted by Crippen LogP contribution is -2.36. The average molecular weight is 487 g/mol. The Morgan fingerprint density at radius 2 is 1.86 bits per heavy atom. The number of fused-ring (bicyclic) bond motifs is 1. The maximum Gasteiger partial charge on any atom is 0.412 e. The fraction of sp³-hybridized carbons (Fsp3) is 0.333. The Morgan fingerprint density at radius 1 is 1.08 bits per heavy atom. The van der Waals surface area contributed by atoms with Crippen LogP contribution in [0, 0.1) is 13.8 Å². The fourth-order valence-corrected chi connectivity index (χ4v) is 4.54. The summed E-state index contributed by atoms with van der Waals surface area (Å²) in [7, 11) is 0. The zero-order valence-electron chi connectivity index (χ0n) is 21.2. The molecule has 9 nitrogen and oxygen atoms in total. The number of rotatable bonds is 4. The highest BCUT2D eigenvalue weighted by molar-refractivity contribution is 5.84. The molecule has 5 rings (SSSR count). The number of hydrogen-bond acceptors (Lipinski definition) is 6. The maximum atomic E-state index is 13.5. The monoisotopic (exact) mass is 486 g/mol. The Bertz CT molecular complexity index is 1510. The van der Waals surface area contributed by atoms with E-state index in [1.54, 1.807) is 43.5 Å². The molecule has 0 unspecified atom stereocenters. The maximum absolute atomic E-state index is 13.5. The van der Waals surface area contributed by atoms with Crippen molar-refractivity contribution in [2.24, 2.45) is 0 Å². The standard InChI is InChI=1S/C27H30N6O3/c1-17-22-16-29-33(23-11-10-20(15-28-23)30-25(34)36-27(3,4)5)26(35)32(22)18(2)24(17)19-8-6-9-21(14-19)31-12-7-13-31/h6,8-11,14-16H,7,12-13H2,1-5H3,(H,30,34). The number of carbonyl (C=O) groups excluding carboxylic acids is 1. The zero-order valence-corrected chi connectivity index (χ0v) is 21.2. The van der Waals surface area contributed by atoms with Crippen molar-refractivity contribution in [3.8, 4) is 16.9 Å². The van der Waals surface area contributed by atoms with Crippen molar-refractivity contribution in [1.29, 1.82) is 0 Å². The van der Waals surface area contributed by atoms with Crippen LogP contribution in [0.5, 0.6) is 0 Å². The highest BCUT2D eigenvalue weighted by Gasteiger charge is 2.21. The van der Waals surface area contributed by atoms with E-state index in [1.807, 2.05) is 13.8 Å². The van der Waals surface area contributed by atoms with Crippen molar-refractivity contribution in [1.82, 2.24) is 19.2 Å². The van der Waals surface area contributed by atoms with Crippen LogP contribution in [0.2, 0.25) is 0 Å². The van der Waals surface area contributed by atoms with Crippen molar-refractivity contribution in [3.05, 3.63) is 70.5 Å². The van der Waals surface area contributed by atoms with Crippen molar-refractivity contribution in [2.45, 2.75) is 46.6 Å². The lowest BCUT2D eigenvalue weighted by Gasteiger charge is -2.33. The second kappa shape index (κ2) is 8.82. The van der Waals surface area contributed by atoms with E-state index in [1.165, 1.54) is 23.0 Å². The predicted molar refractivity (Wildman–Crippen MR) is 140 cm³/mol. The van der Waals surface area contributed by atoms with Crippen LogP contribution in [0.25, 0.3) is 22.5 Å². The van der Waals surface area contributed by atoms with Crippen LogP contribution >= 0.6 is 0 Å². The molecule has 4 aromatic rings. The molecule has 0 spiro atoms. The molecule has 0 saturated carbocycles. The third-order valence-corrected chi connectivity index (χ3v) is 6.33. The Balaban J connectivity index is 1.49. The first-order chi connectivity index (χ1) is 17.1. The second-order valence-corrected chi connectivity index (χ2v) is 10.1. The number of aryl methyl sites for hydroxylation is 2. The van der Waals surface area contributed by atoms with E-state index < -0.39 is 11.7 Å². The number of benzene rings is 1. The molecule has 0 atom stereocenters. The van der Waals surface area contributed by atoms with E-state index >= 15 is 0 Å². The van der Waals surface area contributed by atoms with Crippen LogP contribution in [0.1, 0.15) is 38.4 Å². The minimum atomic E-state index is -0.605. The molecule has 0 bridgehead atoms. The second-order valence-electron chi connectivity index (χ2n) is 10.1. The number of anilines is 2. The van der Waals surface area contributed by atoms with Gasteiger partial charge in [-0.05, 0) is 76.4 Å². The summed E-state index contributed by atoms with van der Waals surface area (Å²) in [5.74, 6) is 0.351. The number of carbonyl (C=O) groups is 1. The molecule has 36 heavy (non-hydrogen) atoms. The molecule has 0 aliphatic carbocycles. The Labute approximate surface area is 209 Å². The van der Waals surface area contributed by atoms with Gasteiger partial charge in [0.1, 0.15) is 5.60 Å². The summed E-state index contributed by atoms with van der Waals surface area (Å²) in [5.41, 5.74) is 5.50. The van der Waals surface area contributed by atoms with E-state index in [2.05, 4.69) is 44.6 Å². The Kier molecular flexibility index (Phi) is 5.78. The van der Waals surface area contributed by atoms with Crippen molar-refractivity contribution in [3.63, 3.8) is 0 Å². The summed E-state index contributed by atoms with van der Waals surface area (Å²) in [6.07, 6.45) is 3.81. The fourth-order valence-electron chi connectivity index (χ4n) is 4.54. The summed E-state index contributed by atoms with van der Waals surface area (Å²) in [4.78, 5) is 32.2. The van der Waals surface area contributed by atoms with Gasteiger partial charge in [0, 0.05) is 30.0 Å². The number of ether oxygens (including phenoxy) is 1. The Hall–Kier alpha value is -4.14. The van der Waals surface area contributed by atoms with E-state index in [0.717, 1.165) is 41.0 Å². The van der Waals surface area contributed by atoms with Gasteiger partial charge in [-0.2, -0.15) is 9.78 Å². The molecular weight excluding hydrogens is 456 g/mol. The van der Waals surface area contributed by atoms with E-state index in [9.17, 15) is 9.59 Å². The summed E-state index contributed by atoms with van der Waals surface area (Å²) < 4.78 is 8.21. The number of hydrogen-bond donors (Lipinski definition) is 1. The molecule has 1 amide bonds. The summed E-state index contributed by atoms with van der Waals surface area (Å²) >= 11 is 0. The molecule has 0 radical (unpaired) electrons. The molecule has 1 aliphatic rings. The minimum absolute atomic E-state index is 0.307. The number of nitrogens with zero attached hydrogens (tertiary/aromatic N) is 5. The molecule has 1 aromatic carbocycles. The van der Waals surface area contributed by atoms with Gasteiger partial charge in [-0.1, -0.05) is 12.1 Å². The first-order valence-corrected chi connectivity index (χ1v) is 12.0. The van der Waals surface area contributed by atoms with Gasteiger partial charge in [-0.3, -0.25) is 9.72 Å². The highest BCUT2D eigenvalue weighted by Crippen LogP contribution is 2.34. The van der Waals surface area contributed by atoms with Gasteiger partial charge >= 0.3 is 11.8 Å². The molecule has 1 aliphatic heterocycles. The first kappa shape index (κ1) is 23.6. The van der Waals surface area contributed by atoms with Gasteiger partial charge in [0.25, 0.3) is 0 Å². The summed E-state index contributed by atoms with van der Waals surface area (Å²) in [6, 6.07) is 11.8. The predicted octanol–water partition coefficient (Wildman–Crippen LogP) is 4.72. The number of pyridine rings is 1. The van der Waals surface area contributed by atoms with E-state index in [4.69, 9.17) is 4.74 Å². The van der Waals surface area contributed by atoms with E-state index in [-0.39, 0.29) is 5.69 Å². The van der Waals surface area contributed by atoms with Crippen molar-refractivity contribution < 1.29 is 9.53 Å². The van der Waals surface area contributed by atoms with Gasteiger partial charge in [-0.25, -0.2) is 14.6 Å². The van der Waals surface area contributed by atoms with Crippen molar-refractivity contribution in [2.75, 3.05) is 23.3 Å². The van der Waals surface area contributed by atoms with Gasteiger partial charge in [0.05, 0.1) is 23.6 Å². The average Bonchev–Trinajstić information content (AvgIpc) is 3.03. The first-order valence-electron chi connectivity index (χ1n) is 12.0. The molecule has 9 heteroatoms. The molecule has 3 aromatic heterocycles. The molecule has 1 saturated heterocycles. The van der Waals surface area contributed by atoms with Gasteiger partial charge < -0.3 is 9.64 Å². The van der Waals surface area contributed by atoms with Crippen molar-refractivity contribution >= 4 is 23.0 Å². The van der Waals surface area contributed by atoms with Crippen LogP contribution in [0.4, 0.5) is 16.2 Å². The van der Waals surface area contributed by atoms with Crippen LogP contribution in [-0.4, -0.2) is 43.9 Å². The normalized spacial score (nSPS) is 13.5. The van der Waals surface area contributed by atoms with Gasteiger partial charge in [-0.15, -0.1) is 0 Å². The zero-order chi connectivity index (χ0) is 25.6. The highest BCUT2D eigenvalue weighted by atomic mass is 16.6. The van der Waals surface area contributed by atoms with Crippen LogP contribution in [0.15, 0.2) is 53.6 Å². The van der Waals surface area contributed by atoms with Crippen LogP contribution in [-0.2, 0) is 4.74 Å². The number of nitrogens with one attached hydrogen (secondary N) is 1. The SMILES string of the molecule is Cc1c(-c2cccc(N3CCC3)c2)c(C)n2c(=O)n(-c3ccc(NC(=O)OC(C)(C)C)cn3)ncc12. The third-order valence-electron chi connectivity index (χ3n) is 6.33. The summed E-state index contributed by atoms with van der Waals surface area (Å²) in [6.45, 7) is 11.5. The third kappa shape index (κ3) is 4.32. The van der Waals surface area contributed by atoms with E-state index in [0.29, 0.717) is 11.5 Å². The molecule has 1 N–H and O–H groups in total. The largest absolute Gasteiger partial charge is 0.444 e. The molecule has 186 valence electrons. The minimum Gasteiger partial charge on any atom is -0.444 e. The quantitative estimate of drug-likeness (QED) is 0.449. The number of aromatic nitrogens is 4. The van der Waals surface area contributed by atoms with Crippen LogP contribution < -0.4 is 15.9 Å². The number of amides is 1. The topological polar surface area (TPSA) is 93.8 Å².